The van der Waals surface area contributed by atoms with Crippen molar-refractivity contribution in [2.75, 3.05) is 42.9 Å². The lowest BCUT2D eigenvalue weighted by Gasteiger charge is -2.35. The van der Waals surface area contributed by atoms with E-state index >= 15 is 0 Å². The van der Waals surface area contributed by atoms with E-state index in [0.29, 0.717) is 19.6 Å². The van der Waals surface area contributed by atoms with Crippen LogP contribution in [0.25, 0.3) is 0 Å². The van der Waals surface area contributed by atoms with Crippen LogP contribution in [0.15, 0.2) is 48.9 Å². The normalized spacial score (nSPS) is 13.5. The molecule has 1 aliphatic rings. The molecule has 6 nitrogen and oxygen atoms in total. The molecule has 0 aliphatic carbocycles. The van der Waals surface area contributed by atoms with Gasteiger partial charge in [-0.05, 0) is 12.1 Å². The minimum Gasteiger partial charge on any atom is -0.376 e. The second kappa shape index (κ2) is 9.95. The molecule has 2 heterocycles. The minimum atomic E-state index is 0. The van der Waals surface area contributed by atoms with Gasteiger partial charge in [0.2, 0.25) is 5.91 Å². The Morgan fingerprint density at radius 3 is 2.38 bits per heavy atom. The topological polar surface area (TPSA) is 61.4 Å². The van der Waals surface area contributed by atoms with Gasteiger partial charge in [0.05, 0.1) is 12.7 Å². The van der Waals surface area contributed by atoms with E-state index in [4.69, 9.17) is 0 Å². The van der Waals surface area contributed by atoms with Gasteiger partial charge in [0.15, 0.2) is 0 Å². The van der Waals surface area contributed by atoms with Crippen molar-refractivity contribution in [3.05, 3.63) is 48.9 Å². The summed E-state index contributed by atoms with van der Waals surface area (Å²) < 4.78 is 0. The van der Waals surface area contributed by atoms with Crippen LogP contribution in [-0.4, -0.2) is 53.5 Å². The number of halogens is 2. The molecule has 24 heavy (non-hydrogen) atoms. The first-order valence-electron chi connectivity index (χ1n) is 7.40. The second-order valence-electron chi connectivity index (χ2n) is 5.15. The smallest absolute Gasteiger partial charge is 0.241 e. The van der Waals surface area contributed by atoms with Gasteiger partial charge in [-0.15, -0.1) is 24.8 Å². The summed E-state index contributed by atoms with van der Waals surface area (Å²) in [6.45, 7) is 3.33. The average molecular weight is 370 g/mol. The summed E-state index contributed by atoms with van der Waals surface area (Å²) in [5.74, 6) is 1.000. The molecule has 0 unspecified atom stereocenters. The van der Waals surface area contributed by atoms with E-state index in [-0.39, 0.29) is 30.7 Å². The number of anilines is 2. The standard InChI is InChI=1S/C16H19N5O.2ClH/c22-16(13-19-14-4-2-1-3-5-14)21-10-8-20(9-11-21)15-12-17-6-7-18-15;;/h1-7,12,19H,8-11,13H2;2*1H. The van der Waals surface area contributed by atoms with Crippen molar-refractivity contribution in [1.29, 1.82) is 0 Å². The lowest BCUT2D eigenvalue weighted by atomic mass is 10.3. The van der Waals surface area contributed by atoms with E-state index in [1.807, 2.05) is 35.2 Å². The zero-order valence-corrected chi connectivity index (χ0v) is 14.8. The predicted molar refractivity (Wildman–Crippen MR) is 100 cm³/mol. The lowest BCUT2D eigenvalue weighted by Crippen LogP contribution is -2.50. The largest absolute Gasteiger partial charge is 0.376 e. The molecule has 1 fully saturated rings. The highest BCUT2D eigenvalue weighted by Gasteiger charge is 2.21. The van der Waals surface area contributed by atoms with Gasteiger partial charge in [-0.25, -0.2) is 4.98 Å². The number of piperazine rings is 1. The third-order valence-corrected chi connectivity index (χ3v) is 3.72. The van der Waals surface area contributed by atoms with Gasteiger partial charge in [-0.1, -0.05) is 18.2 Å². The van der Waals surface area contributed by atoms with E-state index in [0.717, 1.165) is 24.6 Å². The van der Waals surface area contributed by atoms with E-state index in [2.05, 4.69) is 20.2 Å². The van der Waals surface area contributed by atoms with Gasteiger partial charge in [-0.2, -0.15) is 0 Å². The highest BCUT2D eigenvalue weighted by molar-refractivity contribution is 5.85. The minimum absolute atomic E-state index is 0. The summed E-state index contributed by atoms with van der Waals surface area (Å²) in [6.07, 6.45) is 5.11. The first-order valence-corrected chi connectivity index (χ1v) is 7.40. The average Bonchev–Trinajstić information content (AvgIpc) is 2.61. The molecule has 1 N–H and O–H groups in total. The van der Waals surface area contributed by atoms with Crippen LogP contribution >= 0.6 is 24.8 Å². The van der Waals surface area contributed by atoms with Gasteiger partial charge in [0, 0.05) is 44.3 Å². The van der Waals surface area contributed by atoms with Crippen LogP contribution in [0.5, 0.6) is 0 Å². The lowest BCUT2D eigenvalue weighted by molar-refractivity contribution is -0.129. The summed E-state index contributed by atoms with van der Waals surface area (Å²) in [5, 5.41) is 3.16. The maximum atomic E-state index is 12.2. The number of benzene rings is 1. The highest BCUT2D eigenvalue weighted by Crippen LogP contribution is 2.12. The van der Waals surface area contributed by atoms with Crippen LogP contribution in [0.1, 0.15) is 0 Å². The van der Waals surface area contributed by atoms with Crippen molar-refractivity contribution >= 4 is 42.2 Å². The van der Waals surface area contributed by atoms with Crippen LogP contribution in [0, 0.1) is 0 Å². The SMILES string of the molecule is Cl.Cl.O=C(CNc1ccccc1)N1CCN(c2cnccn2)CC1. The fourth-order valence-electron chi connectivity index (χ4n) is 2.48. The second-order valence-corrected chi connectivity index (χ2v) is 5.15. The molecule has 1 aliphatic heterocycles. The van der Waals surface area contributed by atoms with Gasteiger partial charge >= 0.3 is 0 Å². The number of nitrogens with zero attached hydrogens (tertiary/aromatic N) is 4. The fraction of sp³-hybridized carbons (Fsp3) is 0.312. The molecule has 1 saturated heterocycles. The molecule has 1 aromatic carbocycles. The molecule has 1 amide bonds. The number of amides is 1. The molecule has 130 valence electrons. The molecule has 1 aromatic heterocycles. The summed E-state index contributed by atoms with van der Waals surface area (Å²) in [4.78, 5) is 24.7. The quantitative estimate of drug-likeness (QED) is 0.893. The third kappa shape index (κ3) is 5.25. The molecule has 8 heteroatoms. The van der Waals surface area contributed by atoms with E-state index in [1.165, 1.54) is 0 Å². The van der Waals surface area contributed by atoms with Crippen molar-refractivity contribution < 1.29 is 4.79 Å². The van der Waals surface area contributed by atoms with E-state index < -0.39 is 0 Å². The zero-order valence-electron chi connectivity index (χ0n) is 13.2. The Balaban J connectivity index is 0.00000144. The van der Waals surface area contributed by atoms with E-state index in [1.54, 1.807) is 18.6 Å². The van der Waals surface area contributed by atoms with Crippen molar-refractivity contribution in [2.24, 2.45) is 0 Å². The molecule has 2 aromatic rings. The molecule has 0 radical (unpaired) electrons. The first-order chi connectivity index (χ1) is 10.8. The van der Waals surface area contributed by atoms with E-state index in [9.17, 15) is 4.79 Å². The van der Waals surface area contributed by atoms with Crippen LogP contribution in [-0.2, 0) is 4.79 Å². The molecule has 0 spiro atoms. The Morgan fingerprint density at radius 2 is 1.75 bits per heavy atom. The molecular weight excluding hydrogens is 349 g/mol. The molecule has 3 rings (SSSR count). The number of hydrogen-bond donors (Lipinski definition) is 1. The van der Waals surface area contributed by atoms with Crippen LogP contribution < -0.4 is 10.2 Å². The molecule has 0 saturated carbocycles. The van der Waals surface area contributed by atoms with Gasteiger partial charge in [0.1, 0.15) is 5.82 Å². The van der Waals surface area contributed by atoms with Gasteiger partial charge in [-0.3, -0.25) is 9.78 Å². The Bertz CT molecular complexity index is 606. The number of nitrogens with one attached hydrogen (secondary N) is 1. The number of para-hydroxylation sites is 1. The van der Waals surface area contributed by atoms with Gasteiger partial charge in [0.25, 0.3) is 0 Å². The molecule has 0 atom stereocenters. The number of rotatable bonds is 4. The van der Waals surface area contributed by atoms with Crippen LogP contribution in [0.4, 0.5) is 11.5 Å². The maximum Gasteiger partial charge on any atom is 0.241 e. The Kier molecular flexibility index (Phi) is 8.29. The Morgan fingerprint density at radius 1 is 1.04 bits per heavy atom. The Labute approximate surface area is 154 Å². The van der Waals surface area contributed by atoms with Crippen LogP contribution in [0.3, 0.4) is 0 Å². The molecular formula is C16H21Cl2N5O. The fourth-order valence-corrected chi connectivity index (χ4v) is 2.48. The van der Waals surface area contributed by atoms with Crippen molar-refractivity contribution in [3.63, 3.8) is 0 Å². The third-order valence-electron chi connectivity index (χ3n) is 3.72. The zero-order chi connectivity index (χ0) is 15.2. The summed E-state index contributed by atoms with van der Waals surface area (Å²) in [7, 11) is 0. The Hall–Kier alpha value is -2.05. The number of aromatic nitrogens is 2. The monoisotopic (exact) mass is 369 g/mol. The number of hydrogen-bond acceptors (Lipinski definition) is 5. The summed E-state index contributed by atoms with van der Waals surface area (Å²) in [6, 6.07) is 9.77. The van der Waals surface area contributed by atoms with Gasteiger partial charge < -0.3 is 15.1 Å². The van der Waals surface area contributed by atoms with Crippen LogP contribution in [0.2, 0.25) is 0 Å². The molecule has 0 bridgehead atoms. The van der Waals surface area contributed by atoms with Crippen molar-refractivity contribution in [2.45, 2.75) is 0 Å². The number of carbonyl (C=O) groups is 1. The predicted octanol–water partition coefficient (Wildman–Crippen LogP) is 2.08. The van der Waals surface area contributed by atoms with Crippen molar-refractivity contribution in [3.8, 4) is 0 Å². The highest BCUT2D eigenvalue weighted by atomic mass is 35.5. The van der Waals surface area contributed by atoms with Crippen molar-refractivity contribution in [1.82, 2.24) is 14.9 Å². The summed E-state index contributed by atoms with van der Waals surface area (Å²) in [5.41, 5.74) is 0.967. The number of carbonyl (C=O) groups excluding carboxylic acids is 1. The summed E-state index contributed by atoms with van der Waals surface area (Å²) >= 11 is 0. The first kappa shape index (κ1) is 20.0. The maximum absolute atomic E-state index is 12.2.